The molecule has 5 aromatic heterocycles. The van der Waals surface area contributed by atoms with Crippen molar-refractivity contribution in [3.8, 4) is 39.5 Å². The van der Waals surface area contributed by atoms with Gasteiger partial charge in [-0.05, 0) is 56.4 Å². The lowest BCUT2D eigenvalue weighted by atomic mass is 10.1. The number of pyridine rings is 3. The standard InChI is InChI=1S/C33H33FN8O2/c1-19(2)9-30(43)38-24-11-21(16-35-18-24)22-13-27-32(40-41-33(27)37-17-22)29-15-26-28(39-29)5-6-36-31(26)20-10-23(34)14-25(12-20)44-8-7-42(3)4/h5-6,10-19,39H,7-9H2,1-4H3,(H,38,43)(H,37,40,41). The minimum atomic E-state index is -0.395. The van der Waals surface area contributed by atoms with Crippen molar-refractivity contribution in [2.45, 2.75) is 20.3 Å². The molecule has 5 heterocycles. The number of carbonyl (C=O) groups is 1. The first-order valence-electron chi connectivity index (χ1n) is 14.4. The number of ether oxygens (including phenoxy) is 1. The number of aromatic nitrogens is 6. The summed E-state index contributed by atoms with van der Waals surface area (Å²) < 4.78 is 20.5. The zero-order chi connectivity index (χ0) is 30.8. The van der Waals surface area contributed by atoms with E-state index in [9.17, 15) is 9.18 Å². The van der Waals surface area contributed by atoms with Crippen LogP contribution in [-0.2, 0) is 4.79 Å². The maximum absolute atomic E-state index is 14.6. The van der Waals surface area contributed by atoms with Crippen molar-refractivity contribution in [2.24, 2.45) is 5.92 Å². The lowest BCUT2D eigenvalue weighted by molar-refractivity contribution is -0.116. The Balaban J connectivity index is 1.33. The summed E-state index contributed by atoms with van der Waals surface area (Å²) in [5.41, 5.74) is 6.43. The zero-order valence-corrected chi connectivity index (χ0v) is 25.0. The van der Waals surface area contributed by atoms with Crippen molar-refractivity contribution < 1.29 is 13.9 Å². The van der Waals surface area contributed by atoms with Crippen LogP contribution >= 0.6 is 0 Å². The summed E-state index contributed by atoms with van der Waals surface area (Å²) in [5, 5.41) is 12.1. The van der Waals surface area contributed by atoms with Gasteiger partial charge in [-0.25, -0.2) is 9.37 Å². The highest BCUT2D eigenvalue weighted by Crippen LogP contribution is 2.35. The molecule has 0 spiro atoms. The molecule has 224 valence electrons. The first kappa shape index (κ1) is 28.9. The normalized spacial score (nSPS) is 11.6. The number of aromatic amines is 2. The van der Waals surface area contributed by atoms with Crippen molar-refractivity contribution in [1.29, 1.82) is 0 Å². The Hall–Kier alpha value is -5.16. The minimum absolute atomic E-state index is 0.0522. The quantitative estimate of drug-likeness (QED) is 0.171. The fourth-order valence-corrected chi connectivity index (χ4v) is 5.06. The Labute approximate surface area is 253 Å². The molecule has 0 unspecified atom stereocenters. The fraction of sp³-hybridized carbons (Fsp3) is 0.242. The fourth-order valence-electron chi connectivity index (χ4n) is 5.06. The van der Waals surface area contributed by atoms with Crippen LogP contribution in [0.2, 0.25) is 0 Å². The molecule has 44 heavy (non-hydrogen) atoms. The Kier molecular flexibility index (Phi) is 8.03. The Morgan fingerprint density at radius 1 is 1.00 bits per heavy atom. The Bertz CT molecular complexity index is 1960. The third-order valence-corrected chi connectivity index (χ3v) is 7.13. The van der Waals surface area contributed by atoms with Gasteiger partial charge in [-0.15, -0.1) is 0 Å². The van der Waals surface area contributed by atoms with E-state index in [1.54, 1.807) is 24.8 Å². The third-order valence-electron chi connectivity index (χ3n) is 7.13. The summed E-state index contributed by atoms with van der Waals surface area (Å²) in [6.45, 7) is 5.16. The maximum Gasteiger partial charge on any atom is 0.224 e. The van der Waals surface area contributed by atoms with E-state index in [0.717, 1.165) is 38.8 Å². The van der Waals surface area contributed by atoms with Crippen LogP contribution in [0.5, 0.6) is 5.75 Å². The second-order valence-electron chi connectivity index (χ2n) is 11.4. The molecule has 0 bridgehead atoms. The maximum atomic E-state index is 14.6. The van der Waals surface area contributed by atoms with Crippen LogP contribution in [0.15, 0.2) is 67.3 Å². The number of hydrogen-bond donors (Lipinski definition) is 3. The predicted octanol–water partition coefficient (Wildman–Crippen LogP) is 6.29. The van der Waals surface area contributed by atoms with Gasteiger partial charge in [0, 0.05) is 70.6 Å². The lowest BCUT2D eigenvalue weighted by Gasteiger charge is -2.12. The number of carbonyl (C=O) groups excluding carboxylic acids is 1. The molecule has 0 fully saturated rings. The molecule has 6 aromatic rings. The number of nitrogens with one attached hydrogen (secondary N) is 3. The largest absolute Gasteiger partial charge is 0.492 e. The molecule has 0 radical (unpaired) electrons. The van der Waals surface area contributed by atoms with Crippen LogP contribution in [0.1, 0.15) is 20.3 Å². The highest BCUT2D eigenvalue weighted by atomic mass is 19.1. The highest BCUT2D eigenvalue weighted by Gasteiger charge is 2.17. The van der Waals surface area contributed by atoms with Crippen LogP contribution in [0, 0.1) is 11.7 Å². The molecule has 6 rings (SSSR count). The van der Waals surface area contributed by atoms with Gasteiger partial charge < -0.3 is 19.9 Å². The number of likely N-dealkylation sites (N-methyl/N-ethyl adjacent to an activating group) is 1. The number of fused-ring (bicyclic) bond motifs is 2. The molecule has 0 saturated heterocycles. The van der Waals surface area contributed by atoms with Gasteiger partial charge in [0.15, 0.2) is 5.65 Å². The summed E-state index contributed by atoms with van der Waals surface area (Å²) in [6.07, 6.45) is 7.23. The van der Waals surface area contributed by atoms with Crippen LogP contribution in [0.3, 0.4) is 0 Å². The first-order chi connectivity index (χ1) is 21.2. The number of anilines is 1. The number of benzene rings is 1. The number of nitrogens with zero attached hydrogens (tertiary/aromatic N) is 5. The van der Waals surface area contributed by atoms with Crippen molar-refractivity contribution in [1.82, 2.24) is 35.0 Å². The average molecular weight is 593 g/mol. The van der Waals surface area contributed by atoms with Crippen LogP contribution in [0.25, 0.3) is 55.7 Å². The lowest BCUT2D eigenvalue weighted by Crippen LogP contribution is -2.19. The molecule has 1 aromatic carbocycles. The van der Waals surface area contributed by atoms with Gasteiger partial charge in [0.1, 0.15) is 18.2 Å². The van der Waals surface area contributed by atoms with Gasteiger partial charge >= 0.3 is 0 Å². The molecule has 0 saturated carbocycles. The smallest absolute Gasteiger partial charge is 0.224 e. The van der Waals surface area contributed by atoms with Gasteiger partial charge in [-0.1, -0.05) is 13.8 Å². The van der Waals surface area contributed by atoms with Crippen molar-refractivity contribution in [3.05, 3.63) is 73.1 Å². The van der Waals surface area contributed by atoms with Crippen LogP contribution in [-0.4, -0.2) is 68.2 Å². The molecule has 3 N–H and O–H groups in total. The highest BCUT2D eigenvalue weighted by molar-refractivity contribution is 6.00. The summed E-state index contributed by atoms with van der Waals surface area (Å²) in [4.78, 5) is 31.2. The molecular weight excluding hydrogens is 559 g/mol. The van der Waals surface area contributed by atoms with E-state index in [4.69, 9.17) is 4.74 Å². The van der Waals surface area contributed by atoms with E-state index in [1.165, 1.54) is 12.1 Å². The van der Waals surface area contributed by atoms with E-state index in [-0.39, 0.29) is 11.8 Å². The van der Waals surface area contributed by atoms with E-state index >= 15 is 0 Å². The molecule has 0 atom stereocenters. The van der Waals surface area contributed by atoms with Crippen LogP contribution < -0.4 is 10.1 Å². The molecule has 0 aliphatic heterocycles. The molecule has 11 heteroatoms. The second-order valence-corrected chi connectivity index (χ2v) is 11.4. The molecule has 10 nitrogen and oxygen atoms in total. The monoisotopic (exact) mass is 592 g/mol. The van der Waals surface area contributed by atoms with E-state index in [0.29, 0.717) is 47.9 Å². The van der Waals surface area contributed by atoms with E-state index in [2.05, 4.69) is 35.5 Å². The van der Waals surface area contributed by atoms with E-state index < -0.39 is 5.82 Å². The zero-order valence-electron chi connectivity index (χ0n) is 25.0. The summed E-state index contributed by atoms with van der Waals surface area (Å²) in [6, 6.07) is 12.4. The number of H-pyrrole nitrogens is 2. The average Bonchev–Trinajstić information content (AvgIpc) is 3.60. The summed E-state index contributed by atoms with van der Waals surface area (Å²) >= 11 is 0. The van der Waals surface area contributed by atoms with Crippen molar-refractivity contribution in [3.63, 3.8) is 0 Å². The SMILES string of the molecule is CC(C)CC(=O)Nc1cncc(-c2cnc3n[nH]c(-c4cc5c(-c6cc(F)cc(OCCN(C)C)c6)nccc5[nH]4)c3c2)c1. The van der Waals surface area contributed by atoms with Crippen LogP contribution in [0.4, 0.5) is 10.1 Å². The second kappa shape index (κ2) is 12.2. The predicted molar refractivity (Wildman–Crippen MR) is 170 cm³/mol. The Morgan fingerprint density at radius 3 is 2.66 bits per heavy atom. The van der Waals surface area contributed by atoms with Crippen molar-refractivity contribution in [2.75, 3.05) is 32.6 Å². The van der Waals surface area contributed by atoms with E-state index in [1.807, 2.05) is 63.2 Å². The van der Waals surface area contributed by atoms with Crippen molar-refractivity contribution >= 4 is 33.5 Å². The molecule has 0 aliphatic carbocycles. The number of halogens is 1. The van der Waals surface area contributed by atoms with Gasteiger partial charge in [0.2, 0.25) is 5.91 Å². The summed E-state index contributed by atoms with van der Waals surface area (Å²) in [5.74, 6) is 0.261. The molecular formula is C33H33FN8O2. The number of rotatable bonds is 10. The molecule has 0 aliphatic rings. The number of amides is 1. The molecule has 1 amide bonds. The topological polar surface area (TPSA) is 125 Å². The van der Waals surface area contributed by atoms with Gasteiger partial charge in [0.05, 0.1) is 29.0 Å². The van der Waals surface area contributed by atoms with Gasteiger partial charge in [-0.2, -0.15) is 5.10 Å². The van der Waals surface area contributed by atoms with Gasteiger partial charge in [0.25, 0.3) is 0 Å². The minimum Gasteiger partial charge on any atom is -0.492 e. The van der Waals surface area contributed by atoms with Gasteiger partial charge in [-0.3, -0.25) is 19.9 Å². The summed E-state index contributed by atoms with van der Waals surface area (Å²) in [7, 11) is 3.92. The first-order valence-corrected chi connectivity index (χ1v) is 14.4. The Morgan fingerprint density at radius 2 is 1.84 bits per heavy atom. The third kappa shape index (κ3) is 6.28. The number of hydrogen-bond acceptors (Lipinski definition) is 7.